The molecule has 6 nitrogen and oxygen atoms in total. The first kappa shape index (κ1) is 15.2. The van der Waals surface area contributed by atoms with Crippen molar-refractivity contribution in [1.29, 1.82) is 0 Å². The minimum atomic E-state index is -0.0737. The van der Waals surface area contributed by atoms with E-state index >= 15 is 0 Å². The lowest BCUT2D eigenvalue weighted by Crippen LogP contribution is -2.08. The normalized spacial score (nSPS) is 10.7. The van der Waals surface area contributed by atoms with Crippen LogP contribution < -0.4 is 5.73 Å². The number of ketones is 1. The van der Waals surface area contributed by atoms with Crippen LogP contribution in [0, 0.1) is 0 Å². The second-order valence-corrected chi connectivity index (χ2v) is 6.23. The predicted octanol–water partition coefficient (Wildman–Crippen LogP) is 3.20. The number of nitrogens with two attached hydrogens (primary N) is 1. The van der Waals surface area contributed by atoms with E-state index in [4.69, 9.17) is 5.73 Å². The van der Waals surface area contributed by atoms with Crippen LogP contribution in [0.4, 0.5) is 5.13 Å². The Kier molecular flexibility index (Phi) is 3.83. The highest BCUT2D eigenvalue weighted by molar-refractivity contribution is 7.13. The quantitative estimate of drug-likeness (QED) is 0.573. The molecule has 4 aromatic rings. The fourth-order valence-electron chi connectivity index (χ4n) is 2.57. The zero-order valence-electron chi connectivity index (χ0n) is 13.0. The van der Waals surface area contributed by atoms with E-state index in [2.05, 4.69) is 15.1 Å². The molecule has 0 spiro atoms. The summed E-state index contributed by atoms with van der Waals surface area (Å²) in [6.45, 7) is 0. The van der Waals surface area contributed by atoms with Gasteiger partial charge in [-0.25, -0.2) is 14.6 Å². The fourth-order valence-corrected chi connectivity index (χ4v) is 3.14. The molecule has 7 heteroatoms. The number of carbonyl (C=O) groups is 1. The molecule has 0 amide bonds. The molecule has 0 radical (unpaired) electrons. The molecular formula is C18H13N5OS. The van der Waals surface area contributed by atoms with Crippen molar-refractivity contribution in [2.75, 3.05) is 5.73 Å². The third kappa shape index (κ3) is 2.92. The Labute approximate surface area is 147 Å². The van der Waals surface area contributed by atoms with Crippen LogP contribution >= 0.6 is 11.3 Å². The lowest BCUT2D eigenvalue weighted by Gasteiger charge is -2.10. The summed E-state index contributed by atoms with van der Waals surface area (Å²) < 4.78 is 1.58. The minimum absolute atomic E-state index is 0.0737. The summed E-state index contributed by atoms with van der Waals surface area (Å²) in [7, 11) is 0. The van der Waals surface area contributed by atoms with Crippen molar-refractivity contribution in [3.63, 3.8) is 0 Å². The highest BCUT2D eigenvalue weighted by atomic mass is 32.1. The molecule has 0 saturated carbocycles. The van der Waals surface area contributed by atoms with Crippen molar-refractivity contribution in [1.82, 2.24) is 19.7 Å². The van der Waals surface area contributed by atoms with Crippen LogP contribution in [-0.2, 0) is 0 Å². The topological polar surface area (TPSA) is 86.7 Å². The maximum absolute atomic E-state index is 12.9. The van der Waals surface area contributed by atoms with E-state index in [1.54, 1.807) is 29.2 Å². The molecular weight excluding hydrogens is 334 g/mol. The Morgan fingerprint density at radius 1 is 1.12 bits per heavy atom. The van der Waals surface area contributed by atoms with Crippen molar-refractivity contribution in [3.05, 3.63) is 77.7 Å². The first-order valence-electron chi connectivity index (χ1n) is 7.52. The molecule has 0 unspecified atom stereocenters. The van der Waals surface area contributed by atoms with Crippen LogP contribution in [0.15, 0.2) is 66.6 Å². The number of benzene rings is 2. The van der Waals surface area contributed by atoms with Gasteiger partial charge in [-0.3, -0.25) is 4.79 Å². The largest absolute Gasteiger partial charge is 0.375 e. The van der Waals surface area contributed by atoms with Gasteiger partial charge in [-0.15, -0.1) is 11.3 Å². The van der Waals surface area contributed by atoms with Gasteiger partial charge >= 0.3 is 0 Å². The molecule has 0 bridgehead atoms. The zero-order chi connectivity index (χ0) is 17.2. The van der Waals surface area contributed by atoms with Gasteiger partial charge in [0.05, 0.1) is 11.4 Å². The van der Waals surface area contributed by atoms with Crippen molar-refractivity contribution in [2.24, 2.45) is 0 Å². The number of anilines is 1. The van der Waals surface area contributed by atoms with Gasteiger partial charge in [0, 0.05) is 22.1 Å². The molecule has 2 aromatic carbocycles. The fraction of sp³-hybridized carbons (Fsp3) is 0. The number of hydrogen-bond donors (Lipinski definition) is 1. The molecule has 0 saturated heterocycles. The van der Waals surface area contributed by atoms with E-state index in [-0.39, 0.29) is 5.78 Å². The summed E-state index contributed by atoms with van der Waals surface area (Å²) in [4.78, 5) is 21.2. The standard InChI is InChI=1S/C18H13N5OS/c19-18-22-15(9-25-18)13-6-7-14(16(8-13)23-11-20-10-21-23)17(24)12-4-2-1-3-5-12/h1-11H,(H2,19,22). The lowest BCUT2D eigenvalue weighted by molar-refractivity contribution is 0.103. The Hall–Kier alpha value is -3.32. The van der Waals surface area contributed by atoms with Gasteiger partial charge in [-0.2, -0.15) is 5.10 Å². The average Bonchev–Trinajstić information content (AvgIpc) is 3.33. The number of nitrogen functional groups attached to an aromatic ring is 1. The van der Waals surface area contributed by atoms with Crippen LogP contribution in [0.5, 0.6) is 0 Å². The maximum Gasteiger partial charge on any atom is 0.195 e. The Balaban J connectivity index is 1.85. The van der Waals surface area contributed by atoms with Crippen molar-refractivity contribution < 1.29 is 4.79 Å². The molecule has 0 fully saturated rings. The number of nitrogens with zero attached hydrogens (tertiary/aromatic N) is 4. The van der Waals surface area contributed by atoms with Gasteiger partial charge in [-0.1, -0.05) is 36.4 Å². The first-order valence-corrected chi connectivity index (χ1v) is 8.40. The highest BCUT2D eigenvalue weighted by Gasteiger charge is 2.17. The number of thiazole rings is 1. The molecule has 2 N–H and O–H groups in total. The summed E-state index contributed by atoms with van der Waals surface area (Å²) >= 11 is 1.37. The van der Waals surface area contributed by atoms with Gasteiger partial charge in [-0.05, 0) is 12.1 Å². The summed E-state index contributed by atoms with van der Waals surface area (Å²) in [5, 5.41) is 6.56. The van der Waals surface area contributed by atoms with E-state index in [1.807, 2.05) is 35.7 Å². The van der Waals surface area contributed by atoms with Gasteiger partial charge < -0.3 is 5.73 Å². The maximum atomic E-state index is 12.9. The summed E-state index contributed by atoms with van der Waals surface area (Å²) in [5.41, 5.74) is 9.17. The molecule has 0 aliphatic heterocycles. The Bertz CT molecular complexity index is 1020. The predicted molar refractivity (Wildman–Crippen MR) is 96.8 cm³/mol. The number of carbonyl (C=O) groups excluding carboxylic acids is 1. The second-order valence-electron chi connectivity index (χ2n) is 5.34. The third-order valence-electron chi connectivity index (χ3n) is 3.76. The molecule has 2 aromatic heterocycles. The first-order chi connectivity index (χ1) is 12.2. The second kappa shape index (κ2) is 6.29. The van der Waals surface area contributed by atoms with Gasteiger partial charge in [0.25, 0.3) is 0 Å². The van der Waals surface area contributed by atoms with E-state index in [0.717, 1.165) is 11.3 Å². The van der Waals surface area contributed by atoms with Crippen molar-refractivity contribution in [2.45, 2.75) is 0 Å². The van der Waals surface area contributed by atoms with Crippen molar-refractivity contribution >= 4 is 22.3 Å². The van der Waals surface area contributed by atoms with Crippen molar-refractivity contribution in [3.8, 4) is 16.9 Å². The summed E-state index contributed by atoms with van der Waals surface area (Å²) in [6.07, 6.45) is 3.00. The van der Waals surface area contributed by atoms with Crippen LogP contribution in [0.2, 0.25) is 0 Å². The van der Waals surface area contributed by atoms with Gasteiger partial charge in [0.15, 0.2) is 10.9 Å². The van der Waals surface area contributed by atoms with Crippen LogP contribution in [0.25, 0.3) is 16.9 Å². The van der Waals surface area contributed by atoms with E-state index in [1.165, 1.54) is 17.7 Å². The molecule has 0 atom stereocenters. The van der Waals surface area contributed by atoms with Crippen LogP contribution in [0.1, 0.15) is 15.9 Å². The average molecular weight is 347 g/mol. The SMILES string of the molecule is Nc1nc(-c2ccc(C(=O)c3ccccc3)c(-n3cncn3)c2)cs1. The molecule has 4 rings (SSSR count). The Morgan fingerprint density at radius 2 is 1.96 bits per heavy atom. The van der Waals surface area contributed by atoms with Crippen LogP contribution in [0.3, 0.4) is 0 Å². The summed E-state index contributed by atoms with van der Waals surface area (Å²) in [6, 6.07) is 14.7. The number of hydrogen-bond acceptors (Lipinski definition) is 6. The zero-order valence-corrected chi connectivity index (χ0v) is 13.9. The molecule has 2 heterocycles. The number of aromatic nitrogens is 4. The van der Waals surface area contributed by atoms with E-state index in [0.29, 0.717) is 21.9 Å². The Morgan fingerprint density at radius 3 is 2.64 bits per heavy atom. The van der Waals surface area contributed by atoms with E-state index < -0.39 is 0 Å². The van der Waals surface area contributed by atoms with Gasteiger partial charge in [0.1, 0.15) is 12.7 Å². The molecule has 25 heavy (non-hydrogen) atoms. The smallest absolute Gasteiger partial charge is 0.195 e. The third-order valence-corrected chi connectivity index (χ3v) is 4.44. The highest BCUT2D eigenvalue weighted by Crippen LogP contribution is 2.28. The molecule has 0 aliphatic rings. The van der Waals surface area contributed by atoms with Crippen LogP contribution in [-0.4, -0.2) is 25.5 Å². The number of rotatable bonds is 4. The van der Waals surface area contributed by atoms with Gasteiger partial charge in [0.2, 0.25) is 0 Å². The monoisotopic (exact) mass is 347 g/mol. The molecule has 0 aliphatic carbocycles. The van der Waals surface area contributed by atoms with E-state index in [9.17, 15) is 4.79 Å². The minimum Gasteiger partial charge on any atom is -0.375 e. The summed E-state index contributed by atoms with van der Waals surface area (Å²) in [5.74, 6) is -0.0737. The lowest BCUT2D eigenvalue weighted by atomic mass is 9.99. The molecule has 122 valence electrons.